The minimum atomic E-state index is -0.464. The molecule has 0 bridgehead atoms. The van der Waals surface area contributed by atoms with Crippen LogP contribution in [-0.2, 0) is 12.0 Å². The number of anilines is 1. The maximum atomic E-state index is 15.6. The first-order valence-electron chi connectivity index (χ1n) is 12.0. The monoisotopic (exact) mass is 516 g/mol. The quantitative estimate of drug-likeness (QED) is 0.500. The molecule has 0 aliphatic carbocycles. The van der Waals surface area contributed by atoms with E-state index in [0.29, 0.717) is 28.6 Å². The zero-order valence-corrected chi connectivity index (χ0v) is 22.2. The normalized spacial score (nSPS) is 15.9. The molecule has 3 aromatic rings. The van der Waals surface area contributed by atoms with Crippen molar-refractivity contribution in [3.05, 3.63) is 59.3 Å². The number of amides is 1. The van der Waals surface area contributed by atoms with Crippen molar-refractivity contribution in [3.63, 3.8) is 0 Å². The van der Waals surface area contributed by atoms with E-state index in [-0.39, 0.29) is 36.0 Å². The SMILES string of the molecule is CNC1CCCN(c2cnccc2-c2ccc(CNC(=O)c3noc(C(C)(C)C)n3)c(C)c2F)C1.Cl. The van der Waals surface area contributed by atoms with Gasteiger partial charge in [0.2, 0.25) is 5.89 Å². The number of nitrogens with zero attached hydrogens (tertiary/aromatic N) is 4. The molecule has 4 rings (SSSR count). The van der Waals surface area contributed by atoms with Gasteiger partial charge in [0.25, 0.3) is 11.7 Å². The number of benzene rings is 1. The van der Waals surface area contributed by atoms with Crippen molar-refractivity contribution in [2.45, 2.75) is 58.5 Å². The zero-order chi connectivity index (χ0) is 25.2. The fraction of sp³-hybridized carbons (Fsp3) is 0.462. The predicted molar refractivity (Wildman–Crippen MR) is 140 cm³/mol. The van der Waals surface area contributed by atoms with Gasteiger partial charge in [-0.05, 0) is 44.0 Å². The molecule has 3 heterocycles. The van der Waals surface area contributed by atoms with E-state index in [9.17, 15) is 4.79 Å². The molecule has 0 saturated carbocycles. The number of rotatable bonds is 6. The van der Waals surface area contributed by atoms with Crippen LogP contribution in [0.5, 0.6) is 0 Å². The maximum Gasteiger partial charge on any atom is 0.292 e. The fourth-order valence-corrected chi connectivity index (χ4v) is 4.30. The van der Waals surface area contributed by atoms with Crippen LogP contribution in [-0.4, -0.2) is 47.2 Å². The highest BCUT2D eigenvalue weighted by Crippen LogP contribution is 2.35. The van der Waals surface area contributed by atoms with Gasteiger partial charge in [-0.1, -0.05) is 38.1 Å². The Hall–Kier alpha value is -3.04. The van der Waals surface area contributed by atoms with Crippen LogP contribution in [0.2, 0.25) is 0 Å². The first kappa shape index (κ1) is 27.5. The van der Waals surface area contributed by atoms with E-state index in [1.165, 1.54) is 0 Å². The Labute approximate surface area is 217 Å². The van der Waals surface area contributed by atoms with Gasteiger partial charge in [-0.25, -0.2) is 4.39 Å². The first-order chi connectivity index (χ1) is 16.7. The lowest BCUT2D eigenvalue weighted by Gasteiger charge is -2.35. The van der Waals surface area contributed by atoms with Crippen LogP contribution in [0.4, 0.5) is 10.1 Å². The number of pyridine rings is 1. The third kappa shape index (κ3) is 5.84. The lowest BCUT2D eigenvalue weighted by molar-refractivity contribution is 0.0937. The second-order valence-electron chi connectivity index (χ2n) is 10.0. The molecular weight excluding hydrogens is 483 g/mol. The molecule has 0 spiro atoms. The third-order valence-corrected chi connectivity index (χ3v) is 6.47. The maximum absolute atomic E-state index is 15.6. The Morgan fingerprint density at radius 3 is 2.72 bits per heavy atom. The second-order valence-corrected chi connectivity index (χ2v) is 10.0. The Morgan fingerprint density at radius 1 is 1.25 bits per heavy atom. The summed E-state index contributed by atoms with van der Waals surface area (Å²) in [6.45, 7) is 9.42. The molecule has 0 radical (unpaired) electrons. The second kappa shape index (κ2) is 11.3. The number of carbonyl (C=O) groups excluding carboxylic acids is 1. The molecule has 1 aliphatic heterocycles. The molecule has 8 nitrogen and oxygen atoms in total. The molecule has 1 aliphatic rings. The van der Waals surface area contributed by atoms with Crippen LogP contribution < -0.4 is 15.5 Å². The fourth-order valence-electron chi connectivity index (χ4n) is 4.30. The van der Waals surface area contributed by atoms with E-state index in [1.807, 2.05) is 46.1 Å². The number of nitrogens with one attached hydrogen (secondary N) is 2. The van der Waals surface area contributed by atoms with Gasteiger partial charge in [-0.15, -0.1) is 12.4 Å². The van der Waals surface area contributed by atoms with Gasteiger partial charge in [0.1, 0.15) is 5.82 Å². The van der Waals surface area contributed by atoms with Gasteiger partial charge >= 0.3 is 0 Å². The van der Waals surface area contributed by atoms with Crippen molar-refractivity contribution in [2.75, 3.05) is 25.0 Å². The van der Waals surface area contributed by atoms with Crippen LogP contribution in [0.3, 0.4) is 0 Å². The summed E-state index contributed by atoms with van der Waals surface area (Å²) >= 11 is 0. The largest absolute Gasteiger partial charge is 0.368 e. The van der Waals surface area contributed by atoms with Crippen LogP contribution in [0.15, 0.2) is 35.1 Å². The van der Waals surface area contributed by atoms with Gasteiger partial charge in [0.05, 0.1) is 11.9 Å². The summed E-state index contributed by atoms with van der Waals surface area (Å²) in [5.74, 6) is -0.417. The molecule has 1 atom stereocenters. The number of hydrogen-bond acceptors (Lipinski definition) is 7. The average molecular weight is 517 g/mol. The van der Waals surface area contributed by atoms with E-state index in [4.69, 9.17) is 4.52 Å². The van der Waals surface area contributed by atoms with E-state index < -0.39 is 5.91 Å². The Morgan fingerprint density at radius 2 is 2.03 bits per heavy atom. The van der Waals surface area contributed by atoms with Crippen LogP contribution in [0.1, 0.15) is 61.2 Å². The Kier molecular flexibility index (Phi) is 8.68. The summed E-state index contributed by atoms with van der Waals surface area (Å²) < 4.78 is 20.8. The van der Waals surface area contributed by atoms with Gasteiger partial charge in [0, 0.05) is 48.4 Å². The van der Waals surface area contributed by atoms with Crippen molar-refractivity contribution in [1.82, 2.24) is 25.8 Å². The summed E-state index contributed by atoms with van der Waals surface area (Å²) in [6, 6.07) is 5.88. The van der Waals surface area contributed by atoms with Gasteiger partial charge in [-0.3, -0.25) is 9.78 Å². The number of likely N-dealkylation sites (N-methyl/N-ethyl adjacent to an activating group) is 1. The number of piperidine rings is 1. The minimum absolute atomic E-state index is 0. The van der Waals surface area contributed by atoms with E-state index >= 15 is 4.39 Å². The van der Waals surface area contributed by atoms with E-state index in [2.05, 4.69) is 30.7 Å². The summed E-state index contributed by atoms with van der Waals surface area (Å²) in [7, 11) is 1.97. The van der Waals surface area contributed by atoms with Gasteiger partial charge in [-0.2, -0.15) is 4.98 Å². The highest BCUT2D eigenvalue weighted by Gasteiger charge is 2.25. The van der Waals surface area contributed by atoms with E-state index in [1.54, 1.807) is 19.2 Å². The molecule has 1 amide bonds. The molecule has 2 N–H and O–H groups in total. The van der Waals surface area contributed by atoms with E-state index in [0.717, 1.165) is 37.2 Å². The van der Waals surface area contributed by atoms with Crippen molar-refractivity contribution in [2.24, 2.45) is 0 Å². The molecule has 1 fully saturated rings. The van der Waals surface area contributed by atoms with Gasteiger partial charge in [0.15, 0.2) is 0 Å². The number of aromatic nitrogens is 3. The van der Waals surface area contributed by atoms with Crippen molar-refractivity contribution in [1.29, 1.82) is 0 Å². The van der Waals surface area contributed by atoms with Crippen LogP contribution in [0, 0.1) is 12.7 Å². The molecule has 1 saturated heterocycles. The van der Waals surface area contributed by atoms with Crippen LogP contribution >= 0.6 is 12.4 Å². The molecule has 10 heteroatoms. The first-order valence-corrected chi connectivity index (χ1v) is 12.0. The number of halogens is 2. The molecule has 36 heavy (non-hydrogen) atoms. The predicted octanol–water partition coefficient (Wildman–Crippen LogP) is 4.42. The summed E-state index contributed by atoms with van der Waals surface area (Å²) in [5, 5.41) is 9.88. The molecule has 194 valence electrons. The van der Waals surface area contributed by atoms with Crippen molar-refractivity contribution >= 4 is 24.0 Å². The summed E-state index contributed by atoms with van der Waals surface area (Å²) in [6.07, 6.45) is 5.69. The average Bonchev–Trinajstić information content (AvgIpc) is 3.36. The minimum Gasteiger partial charge on any atom is -0.368 e. The van der Waals surface area contributed by atoms with Crippen molar-refractivity contribution in [3.8, 4) is 11.1 Å². The topological polar surface area (TPSA) is 96.2 Å². The standard InChI is InChI=1S/C26H33FN6O2.ClH/c1-16-17(13-30-24(34)23-31-25(35-32-23)26(2,3)4)8-9-20(22(16)27)19-10-11-29-14-21(19)33-12-6-7-18(15-33)28-5;/h8-11,14,18,28H,6-7,12-13,15H2,1-5H3,(H,30,34);1H. The van der Waals surface area contributed by atoms with Crippen molar-refractivity contribution < 1.29 is 13.7 Å². The zero-order valence-electron chi connectivity index (χ0n) is 21.4. The molecule has 1 aromatic carbocycles. The lowest BCUT2D eigenvalue weighted by atomic mass is 9.97. The van der Waals surface area contributed by atoms with Gasteiger partial charge < -0.3 is 20.1 Å². The summed E-state index contributed by atoms with van der Waals surface area (Å²) in [4.78, 5) is 23.3. The number of carbonyl (C=O) groups is 1. The Bertz CT molecular complexity index is 1210. The summed E-state index contributed by atoms with van der Waals surface area (Å²) in [5.41, 5.74) is 3.08. The third-order valence-electron chi connectivity index (χ3n) is 6.47. The molecular formula is C26H34ClFN6O2. The highest BCUT2D eigenvalue weighted by molar-refractivity contribution is 5.90. The highest BCUT2D eigenvalue weighted by atomic mass is 35.5. The van der Waals surface area contributed by atoms with Crippen LogP contribution in [0.25, 0.3) is 11.1 Å². The Balaban J connectivity index is 0.00000361. The lowest BCUT2D eigenvalue weighted by Crippen LogP contribution is -2.44. The molecule has 1 unspecified atom stereocenters. The molecule has 2 aromatic heterocycles. The number of hydrogen-bond donors (Lipinski definition) is 2. The smallest absolute Gasteiger partial charge is 0.292 e.